The maximum absolute atomic E-state index is 8.82. The summed E-state index contributed by atoms with van der Waals surface area (Å²) in [5, 5.41) is 16.7. The van der Waals surface area contributed by atoms with E-state index >= 15 is 0 Å². The van der Waals surface area contributed by atoms with E-state index in [2.05, 4.69) is 143 Å². The Morgan fingerprint density at radius 2 is 1.23 bits per heavy atom. The predicted octanol–water partition coefficient (Wildman–Crippen LogP) is 13.1. The van der Waals surface area contributed by atoms with Crippen molar-refractivity contribution in [3.63, 3.8) is 0 Å². The van der Waals surface area contributed by atoms with E-state index in [1.807, 2.05) is 67.6 Å². The Hall–Kier alpha value is -7.50. The van der Waals surface area contributed by atoms with E-state index in [1.165, 1.54) is 27.4 Å². The number of hydrogen-bond donors (Lipinski definition) is 2. The molecule has 10 rings (SSSR count). The minimum Gasteiger partial charge on any atom is -0.455 e. The quantitative estimate of drug-likeness (QED) is 0.121. The van der Waals surface area contributed by atoms with Gasteiger partial charge in [0.1, 0.15) is 23.2 Å². The van der Waals surface area contributed by atoms with Gasteiger partial charge in [0.25, 0.3) is 0 Å². The normalized spacial score (nSPS) is 12.4. The minimum absolute atomic E-state index is 0.315. The molecule has 0 aliphatic heterocycles. The Balaban J connectivity index is 1.06. The topological polar surface area (TPSA) is 66.3 Å². The number of hydrogen-bond acceptors (Lipinski definition) is 3. The number of aliphatic imine (C=N–C) groups is 1. The average molecular weight is 735 g/mol. The highest BCUT2D eigenvalue weighted by atomic mass is 16.3. The Labute approximate surface area is 330 Å². The molecule has 2 heterocycles. The van der Waals surface area contributed by atoms with E-state index < -0.39 is 6.17 Å². The molecule has 5 nitrogen and oxygen atoms in total. The summed E-state index contributed by atoms with van der Waals surface area (Å²) < 4.78 is 9.14. The Kier molecular flexibility index (Phi) is 8.53. The van der Waals surface area contributed by atoms with Crippen molar-refractivity contribution in [1.29, 1.82) is 5.41 Å². The van der Waals surface area contributed by atoms with E-state index in [9.17, 15) is 0 Å². The van der Waals surface area contributed by atoms with E-state index in [0.29, 0.717) is 5.84 Å². The van der Waals surface area contributed by atoms with Gasteiger partial charge in [0, 0.05) is 49.6 Å². The first-order valence-electron chi connectivity index (χ1n) is 19.2. The first-order chi connectivity index (χ1) is 28.1. The molecule has 0 radical (unpaired) electrons. The van der Waals surface area contributed by atoms with Gasteiger partial charge in [-0.2, -0.15) is 0 Å². The maximum Gasteiger partial charge on any atom is 0.146 e. The third-order valence-electron chi connectivity index (χ3n) is 10.9. The maximum atomic E-state index is 8.82. The first kappa shape index (κ1) is 34.0. The van der Waals surface area contributed by atoms with Crippen LogP contribution in [0.5, 0.6) is 0 Å². The molecule has 8 aromatic carbocycles. The van der Waals surface area contributed by atoms with Crippen molar-refractivity contribution in [2.45, 2.75) is 13.1 Å². The molecule has 0 amide bonds. The fourth-order valence-electron chi connectivity index (χ4n) is 8.12. The van der Waals surface area contributed by atoms with Crippen LogP contribution in [-0.4, -0.2) is 16.1 Å². The van der Waals surface area contributed by atoms with Crippen LogP contribution in [-0.2, 0) is 0 Å². The lowest BCUT2D eigenvalue weighted by Crippen LogP contribution is -2.28. The van der Waals surface area contributed by atoms with E-state index in [4.69, 9.17) is 14.8 Å². The molecule has 0 saturated heterocycles. The van der Waals surface area contributed by atoms with Crippen LogP contribution in [0.2, 0.25) is 0 Å². The SMILES string of the molecule is C/C(=N\C(NC(=N)c1ccccc1)c1ccccc1)c1cccc2c1oc1cc(-c3ccc4c(c3)c3cccc(-c5ccccc5)c3n4-c3ccccc3)ccc12. The summed E-state index contributed by atoms with van der Waals surface area (Å²) in [6, 6.07) is 67.2. The number of nitrogens with one attached hydrogen (secondary N) is 2. The van der Waals surface area contributed by atoms with Gasteiger partial charge < -0.3 is 14.3 Å². The number of para-hydroxylation sites is 3. The number of aromatic nitrogens is 1. The fraction of sp³-hybridized carbons (Fsp3) is 0.0385. The Morgan fingerprint density at radius 1 is 0.579 bits per heavy atom. The highest BCUT2D eigenvalue weighted by molar-refractivity contribution is 6.16. The summed E-state index contributed by atoms with van der Waals surface area (Å²) in [6.45, 7) is 2.02. The van der Waals surface area contributed by atoms with Gasteiger partial charge in [-0.1, -0.05) is 152 Å². The summed E-state index contributed by atoms with van der Waals surface area (Å²) >= 11 is 0. The Morgan fingerprint density at radius 3 is 2.00 bits per heavy atom. The molecule has 5 heteroatoms. The lowest BCUT2D eigenvalue weighted by Gasteiger charge is -2.18. The monoisotopic (exact) mass is 734 g/mol. The zero-order chi connectivity index (χ0) is 38.3. The number of rotatable bonds is 8. The average Bonchev–Trinajstić information content (AvgIpc) is 3.82. The lowest BCUT2D eigenvalue weighted by atomic mass is 9.99. The third kappa shape index (κ3) is 6.16. The molecule has 2 N–H and O–H groups in total. The van der Waals surface area contributed by atoms with Crippen LogP contribution in [0.25, 0.3) is 71.7 Å². The molecule has 0 saturated carbocycles. The van der Waals surface area contributed by atoms with Crippen LogP contribution in [0.4, 0.5) is 0 Å². The molecular formula is C52H38N4O. The number of benzene rings is 8. The molecule has 0 spiro atoms. The van der Waals surface area contributed by atoms with Crippen molar-refractivity contribution in [2.75, 3.05) is 0 Å². The molecule has 0 aliphatic rings. The second kappa shape index (κ2) is 14.3. The standard InChI is InChI=1S/C52H38N4O/c1-34(54-52(37-20-10-4-11-21-37)55-51(53)36-18-8-3-9-19-36)41-24-14-27-45-43-30-28-39(33-48(43)57-50(41)45)38-29-31-47-46(32-38)44-26-15-25-42(35-16-6-2-7-17-35)49(44)56(47)40-22-12-5-13-23-40/h2-33,52H,1H3,(H2,53,55)/b54-34+. The summed E-state index contributed by atoms with van der Waals surface area (Å²) in [6.07, 6.45) is -0.461. The van der Waals surface area contributed by atoms with Crippen LogP contribution in [0.15, 0.2) is 204 Å². The third-order valence-corrected chi connectivity index (χ3v) is 10.9. The van der Waals surface area contributed by atoms with E-state index in [-0.39, 0.29) is 0 Å². The molecule has 272 valence electrons. The van der Waals surface area contributed by atoms with Gasteiger partial charge in [-0.05, 0) is 71.6 Å². The molecule has 1 atom stereocenters. The smallest absolute Gasteiger partial charge is 0.146 e. The molecule has 0 fully saturated rings. The number of furan rings is 1. The number of amidine groups is 1. The fourth-order valence-corrected chi connectivity index (χ4v) is 8.12. The first-order valence-corrected chi connectivity index (χ1v) is 19.2. The second-order valence-corrected chi connectivity index (χ2v) is 14.4. The van der Waals surface area contributed by atoms with Crippen molar-refractivity contribution in [1.82, 2.24) is 9.88 Å². The van der Waals surface area contributed by atoms with Crippen molar-refractivity contribution < 1.29 is 4.42 Å². The molecule has 57 heavy (non-hydrogen) atoms. The molecule has 0 aliphatic carbocycles. The number of fused-ring (bicyclic) bond motifs is 6. The molecular weight excluding hydrogens is 697 g/mol. The molecule has 2 aromatic heterocycles. The summed E-state index contributed by atoms with van der Waals surface area (Å²) in [7, 11) is 0. The molecule has 1 unspecified atom stereocenters. The number of nitrogens with zero attached hydrogens (tertiary/aromatic N) is 2. The van der Waals surface area contributed by atoms with Crippen molar-refractivity contribution >= 4 is 55.3 Å². The highest BCUT2D eigenvalue weighted by Crippen LogP contribution is 2.41. The van der Waals surface area contributed by atoms with Gasteiger partial charge >= 0.3 is 0 Å². The van der Waals surface area contributed by atoms with Gasteiger partial charge in [0.15, 0.2) is 0 Å². The summed E-state index contributed by atoms with van der Waals surface area (Å²) in [5.74, 6) is 0.315. The zero-order valence-corrected chi connectivity index (χ0v) is 31.4. The van der Waals surface area contributed by atoms with Crippen molar-refractivity contribution in [3.05, 3.63) is 211 Å². The van der Waals surface area contributed by atoms with Crippen LogP contribution in [0.1, 0.15) is 29.8 Å². The molecule has 0 bridgehead atoms. The summed E-state index contributed by atoms with van der Waals surface area (Å²) in [4.78, 5) is 5.17. The van der Waals surface area contributed by atoms with E-state index in [1.54, 1.807) is 0 Å². The van der Waals surface area contributed by atoms with Crippen molar-refractivity contribution in [3.8, 4) is 27.9 Å². The predicted molar refractivity (Wildman–Crippen MR) is 237 cm³/mol. The van der Waals surface area contributed by atoms with Gasteiger partial charge in [-0.3, -0.25) is 10.4 Å². The zero-order valence-electron chi connectivity index (χ0n) is 31.4. The van der Waals surface area contributed by atoms with Crippen LogP contribution in [0.3, 0.4) is 0 Å². The highest BCUT2D eigenvalue weighted by Gasteiger charge is 2.19. The van der Waals surface area contributed by atoms with Crippen molar-refractivity contribution in [2.24, 2.45) is 4.99 Å². The second-order valence-electron chi connectivity index (χ2n) is 14.4. The summed E-state index contributed by atoms with van der Waals surface area (Å²) in [5.41, 5.74) is 13.2. The van der Waals surface area contributed by atoms with Crippen LogP contribution < -0.4 is 5.32 Å². The largest absolute Gasteiger partial charge is 0.455 e. The minimum atomic E-state index is -0.461. The Bertz CT molecular complexity index is 3110. The van der Waals surface area contributed by atoms with Gasteiger partial charge in [0.05, 0.1) is 11.0 Å². The van der Waals surface area contributed by atoms with Gasteiger partial charge in [0.2, 0.25) is 0 Å². The van der Waals surface area contributed by atoms with Gasteiger partial charge in [-0.15, -0.1) is 0 Å². The van der Waals surface area contributed by atoms with Crippen LogP contribution >= 0.6 is 0 Å². The van der Waals surface area contributed by atoms with E-state index in [0.717, 1.165) is 66.7 Å². The van der Waals surface area contributed by atoms with Gasteiger partial charge in [-0.25, -0.2) is 0 Å². The molecule has 10 aromatic rings. The van der Waals surface area contributed by atoms with Crippen LogP contribution in [0, 0.1) is 5.41 Å². The lowest BCUT2D eigenvalue weighted by molar-refractivity contribution is 0.666.